The first kappa shape index (κ1) is 9.53. The first-order valence-corrected chi connectivity index (χ1v) is 5.00. The van der Waals surface area contributed by atoms with Gasteiger partial charge in [0, 0.05) is 5.39 Å². The van der Waals surface area contributed by atoms with Gasteiger partial charge in [-0.15, -0.1) is 0 Å². The van der Waals surface area contributed by atoms with Gasteiger partial charge in [-0.25, -0.2) is 0 Å². The summed E-state index contributed by atoms with van der Waals surface area (Å²) >= 11 is 5.90. The van der Waals surface area contributed by atoms with Crippen LogP contribution in [0.1, 0.15) is 26.3 Å². The zero-order valence-electron chi connectivity index (χ0n) is 8.56. The number of rotatable bonds is 0. The molecule has 74 valence electrons. The fourth-order valence-corrected chi connectivity index (χ4v) is 1.66. The minimum Gasteiger partial charge on any atom is -0.276 e. The summed E-state index contributed by atoms with van der Waals surface area (Å²) in [6.45, 7) is 6.56. The maximum atomic E-state index is 5.90. The fraction of sp³-hybridized carbons (Fsp3) is 0.364. The Kier molecular flexibility index (Phi) is 2.04. The molecular formula is C11H13ClN2. The number of nitrogens with one attached hydrogen (secondary N) is 1. The third-order valence-electron chi connectivity index (χ3n) is 2.38. The molecular weight excluding hydrogens is 196 g/mol. The molecule has 0 saturated carbocycles. The van der Waals surface area contributed by atoms with Crippen LogP contribution in [0.3, 0.4) is 0 Å². The highest BCUT2D eigenvalue weighted by atomic mass is 35.5. The maximum absolute atomic E-state index is 5.90. The van der Waals surface area contributed by atoms with E-state index in [9.17, 15) is 0 Å². The third-order valence-corrected chi connectivity index (χ3v) is 2.67. The van der Waals surface area contributed by atoms with Gasteiger partial charge in [0.15, 0.2) is 5.15 Å². The molecule has 0 unspecified atom stereocenters. The van der Waals surface area contributed by atoms with Crippen molar-refractivity contribution < 1.29 is 0 Å². The van der Waals surface area contributed by atoms with Crippen molar-refractivity contribution in [2.75, 3.05) is 0 Å². The lowest BCUT2D eigenvalue weighted by atomic mass is 9.87. The van der Waals surface area contributed by atoms with E-state index in [2.05, 4.69) is 43.1 Å². The van der Waals surface area contributed by atoms with E-state index in [1.54, 1.807) is 0 Å². The Bertz CT molecular complexity index is 466. The molecule has 0 aliphatic heterocycles. The van der Waals surface area contributed by atoms with Crippen LogP contribution in [0.25, 0.3) is 10.9 Å². The Hall–Kier alpha value is -1.02. The Morgan fingerprint density at radius 2 is 2.00 bits per heavy atom. The van der Waals surface area contributed by atoms with E-state index in [0.717, 1.165) is 10.9 Å². The highest BCUT2D eigenvalue weighted by molar-refractivity contribution is 6.34. The summed E-state index contributed by atoms with van der Waals surface area (Å²) in [4.78, 5) is 0. The molecule has 0 saturated heterocycles. The lowest BCUT2D eigenvalue weighted by molar-refractivity contribution is 0.591. The lowest BCUT2D eigenvalue weighted by Crippen LogP contribution is -2.10. The molecule has 2 aromatic rings. The quantitative estimate of drug-likeness (QED) is 0.705. The van der Waals surface area contributed by atoms with Gasteiger partial charge in [0.2, 0.25) is 0 Å². The average Bonchev–Trinajstić information content (AvgIpc) is 2.46. The molecule has 0 radical (unpaired) electrons. The summed E-state index contributed by atoms with van der Waals surface area (Å²) in [6, 6.07) is 6.22. The molecule has 1 aromatic heterocycles. The van der Waals surface area contributed by atoms with Crippen LogP contribution in [0.4, 0.5) is 0 Å². The number of H-pyrrole nitrogens is 1. The van der Waals surface area contributed by atoms with Crippen LogP contribution in [-0.2, 0) is 5.41 Å². The molecule has 2 rings (SSSR count). The van der Waals surface area contributed by atoms with E-state index in [-0.39, 0.29) is 5.41 Å². The zero-order valence-corrected chi connectivity index (χ0v) is 9.31. The van der Waals surface area contributed by atoms with E-state index < -0.39 is 0 Å². The number of aromatic nitrogens is 2. The second kappa shape index (κ2) is 2.99. The normalized spacial score (nSPS) is 12.3. The Labute approximate surface area is 88.3 Å². The monoisotopic (exact) mass is 208 g/mol. The van der Waals surface area contributed by atoms with E-state index >= 15 is 0 Å². The summed E-state index contributed by atoms with van der Waals surface area (Å²) in [7, 11) is 0. The Morgan fingerprint density at radius 3 is 2.64 bits per heavy atom. The van der Waals surface area contributed by atoms with Gasteiger partial charge in [0.05, 0.1) is 5.52 Å². The largest absolute Gasteiger partial charge is 0.276 e. The minimum absolute atomic E-state index is 0.159. The van der Waals surface area contributed by atoms with Crippen molar-refractivity contribution in [2.45, 2.75) is 26.2 Å². The van der Waals surface area contributed by atoms with Gasteiger partial charge in [-0.2, -0.15) is 5.10 Å². The summed E-state index contributed by atoms with van der Waals surface area (Å²) < 4.78 is 0. The molecule has 1 N–H and O–H groups in total. The van der Waals surface area contributed by atoms with Crippen LogP contribution in [-0.4, -0.2) is 10.2 Å². The van der Waals surface area contributed by atoms with Crippen molar-refractivity contribution in [3.63, 3.8) is 0 Å². The molecule has 0 aliphatic rings. The number of hydrogen-bond acceptors (Lipinski definition) is 1. The summed E-state index contributed by atoms with van der Waals surface area (Å²) in [5, 5.41) is 8.41. The van der Waals surface area contributed by atoms with E-state index in [1.807, 2.05) is 6.07 Å². The smallest absolute Gasteiger partial charge is 0.158 e. The van der Waals surface area contributed by atoms with Crippen LogP contribution in [0.2, 0.25) is 5.15 Å². The lowest BCUT2D eigenvalue weighted by Gasteiger charge is -2.18. The molecule has 14 heavy (non-hydrogen) atoms. The van der Waals surface area contributed by atoms with Crippen molar-refractivity contribution in [3.8, 4) is 0 Å². The molecule has 0 bridgehead atoms. The van der Waals surface area contributed by atoms with Gasteiger partial charge in [0.1, 0.15) is 0 Å². The van der Waals surface area contributed by atoms with Crippen molar-refractivity contribution in [2.24, 2.45) is 0 Å². The topological polar surface area (TPSA) is 28.7 Å². The first-order chi connectivity index (χ1) is 6.48. The molecule has 0 fully saturated rings. The average molecular weight is 209 g/mol. The Balaban J connectivity index is 2.63. The minimum atomic E-state index is 0.159. The summed E-state index contributed by atoms with van der Waals surface area (Å²) in [5.74, 6) is 0. The molecule has 2 nitrogen and oxygen atoms in total. The molecule has 3 heteroatoms. The fourth-order valence-electron chi connectivity index (χ4n) is 1.45. The van der Waals surface area contributed by atoms with Crippen molar-refractivity contribution in [1.82, 2.24) is 10.2 Å². The van der Waals surface area contributed by atoms with E-state index in [0.29, 0.717) is 5.15 Å². The first-order valence-electron chi connectivity index (χ1n) is 4.62. The van der Waals surface area contributed by atoms with Crippen LogP contribution in [0, 0.1) is 0 Å². The highest BCUT2D eigenvalue weighted by Crippen LogP contribution is 2.27. The van der Waals surface area contributed by atoms with Crippen LogP contribution in [0.5, 0.6) is 0 Å². The number of hydrogen-bond donors (Lipinski definition) is 1. The molecule has 1 aromatic carbocycles. The number of aromatic amines is 1. The molecule has 0 spiro atoms. The molecule has 0 amide bonds. The second-order valence-corrected chi connectivity index (χ2v) is 4.88. The van der Waals surface area contributed by atoms with Gasteiger partial charge in [0.25, 0.3) is 0 Å². The van der Waals surface area contributed by atoms with E-state index in [1.165, 1.54) is 5.56 Å². The van der Waals surface area contributed by atoms with E-state index in [4.69, 9.17) is 11.6 Å². The van der Waals surface area contributed by atoms with Gasteiger partial charge < -0.3 is 0 Å². The number of fused-ring (bicyclic) bond motifs is 1. The van der Waals surface area contributed by atoms with Crippen LogP contribution in [0.15, 0.2) is 18.2 Å². The molecule has 0 atom stereocenters. The SMILES string of the molecule is CC(C)(C)c1ccc2c(Cl)n[nH]c2c1. The number of nitrogens with zero attached hydrogens (tertiary/aromatic N) is 1. The van der Waals surface area contributed by atoms with Crippen LogP contribution < -0.4 is 0 Å². The molecule has 0 aliphatic carbocycles. The van der Waals surface area contributed by atoms with Gasteiger partial charge in [-0.3, -0.25) is 5.10 Å². The summed E-state index contributed by atoms with van der Waals surface area (Å²) in [6.07, 6.45) is 0. The molecule has 1 heterocycles. The number of halogens is 1. The zero-order chi connectivity index (χ0) is 10.3. The van der Waals surface area contributed by atoms with Gasteiger partial charge >= 0.3 is 0 Å². The van der Waals surface area contributed by atoms with Crippen LogP contribution >= 0.6 is 11.6 Å². The standard InChI is InChI=1S/C11H13ClN2/c1-11(2,3)7-4-5-8-9(6-7)13-14-10(8)12/h4-6H,1-3H3,(H,13,14). The predicted molar refractivity (Wildman–Crippen MR) is 59.8 cm³/mol. The Morgan fingerprint density at radius 1 is 1.29 bits per heavy atom. The van der Waals surface area contributed by atoms with Crippen molar-refractivity contribution >= 4 is 22.5 Å². The highest BCUT2D eigenvalue weighted by Gasteiger charge is 2.14. The predicted octanol–water partition coefficient (Wildman–Crippen LogP) is 3.51. The number of benzene rings is 1. The van der Waals surface area contributed by atoms with Gasteiger partial charge in [-0.05, 0) is 23.1 Å². The van der Waals surface area contributed by atoms with Crippen molar-refractivity contribution in [1.29, 1.82) is 0 Å². The van der Waals surface area contributed by atoms with Crippen molar-refractivity contribution in [3.05, 3.63) is 28.9 Å². The second-order valence-electron chi connectivity index (χ2n) is 4.52. The maximum Gasteiger partial charge on any atom is 0.158 e. The van der Waals surface area contributed by atoms with Gasteiger partial charge in [-0.1, -0.05) is 38.4 Å². The third kappa shape index (κ3) is 1.50. The summed E-state index contributed by atoms with van der Waals surface area (Å²) in [5.41, 5.74) is 2.44.